The molecule has 0 spiro atoms. The molecular formula is C18H28FNO. The monoisotopic (exact) mass is 293 g/mol. The molecule has 2 nitrogen and oxygen atoms in total. The van der Waals surface area contributed by atoms with E-state index < -0.39 is 0 Å². The average molecular weight is 293 g/mol. The molecule has 1 aliphatic rings. The summed E-state index contributed by atoms with van der Waals surface area (Å²) in [5.74, 6) is 0.0621. The van der Waals surface area contributed by atoms with Gasteiger partial charge >= 0.3 is 0 Å². The van der Waals surface area contributed by atoms with Crippen LogP contribution in [0, 0.1) is 11.2 Å². The van der Waals surface area contributed by atoms with Crippen molar-refractivity contribution in [3.05, 3.63) is 29.6 Å². The molecule has 1 atom stereocenters. The zero-order valence-electron chi connectivity index (χ0n) is 13.5. The van der Waals surface area contributed by atoms with Gasteiger partial charge in [0.1, 0.15) is 0 Å². The van der Waals surface area contributed by atoms with Crippen LogP contribution in [0.1, 0.15) is 51.5 Å². The highest BCUT2D eigenvalue weighted by molar-refractivity contribution is 5.30. The zero-order valence-corrected chi connectivity index (χ0v) is 13.5. The first kappa shape index (κ1) is 16.3. The van der Waals surface area contributed by atoms with E-state index in [1.807, 2.05) is 6.07 Å². The maximum Gasteiger partial charge on any atom is 0.165 e. The normalized spacial score (nSPS) is 18.7. The maximum atomic E-state index is 13.9. The first-order chi connectivity index (χ1) is 10.1. The zero-order chi connectivity index (χ0) is 15.3. The van der Waals surface area contributed by atoms with Crippen LogP contribution in [0.5, 0.6) is 5.75 Å². The van der Waals surface area contributed by atoms with Crippen LogP contribution >= 0.6 is 0 Å². The summed E-state index contributed by atoms with van der Waals surface area (Å²) in [5.41, 5.74) is 1.44. The second-order valence-corrected chi connectivity index (χ2v) is 6.21. The molecule has 0 heterocycles. The third-order valence-electron chi connectivity index (χ3n) is 5.15. The first-order valence-electron chi connectivity index (χ1n) is 8.21. The molecule has 1 aromatic rings. The lowest BCUT2D eigenvalue weighted by Gasteiger charge is -2.38. The lowest BCUT2D eigenvalue weighted by molar-refractivity contribution is 0.186. The lowest BCUT2D eigenvalue weighted by Crippen LogP contribution is -2.45. The molecule has 0 aliphatic heterocycles. The van der Waals surface area contributed by atoms with E-state index in [0.29, 0.717) is 17.2 Å². The summed E-state index contributed by atoms with van der Waals surface area (Å²) in [6, 6.07) is 5.79. The minimum atomic E-state index is -0.262. The van der Waals surface area contributed by atoms with Gasteiger partial charge in [0.2, 0.25) is 0 Å². The average Bonchev–Trinajstić information content (AvgIpc) is 2.97. The van der Waals surface area contributed by atoms with Crippen molar-refractivity contribution in [1.82, 2.24) is 5.32 Å². The van der Waals surface area contributed by atoms with Crippen LogP contribution in [-0.4, -0.2) is 19.7 Å². The van der Waals surface area contributed by atoms with Gasteiger partial charge in [-0.25, -0.2) is 4.39 Å². The molecule has 2 rings (SSSR count). The van der Waals surface area contributed by atoms with E-state index in [1.54, 1.807) is 12.1 Å². The Hall–Kier alpha value is -1.09. The van der Waals surface area contributed by atoms with E-state index in [0.717, 1.165) is 18.5 Å². The Kier molecular flexibility index (Phi) is 5.63. The van der Waals surface area contributed by atoms with Crippen LogP contribution in [-0.2, 0) is 6.42 Å². The molecule has 0 bridgehead atoms. The summed E-state index contributed by atoms with van der Waals surface area (Å²) >= 11 is 0. The summed E-state index contributed by atoms with van der Waals surface area (Å²) in [5, 5.41) is 3.66. The van der Waals surface area contributed by atoms with E-state index in [4.69, 9.17) is 4.74 Å². The van der Waals surface area contributed by atoms with Gasteiger partial charge in [-0.15, -0.1) is 0 Å². The quantitative estimate of drug-likeness (QED) is 0.808. The number of nitrogens with one attached hydrogen (secondary N) is 1. The van der Waals surface area contributed by atoms with Crippen LogP contribution in [0.15, 0.2) is 18.2 Å². The van der Waals surface area contributed by atoms with Crippen molar-refractivity contribution in [3.8, 4) is 5.75 Å². The Morgan fingerprint density at radius 3 is 2.52 bits per heavy atom. The van der Waals surface area contributed by atoms with Gasteiger partial charge in [-0.1, -0.05) is 32.8 Å². The Balaban J connectivity index is 2.17. The Morgan fingerprint density at radius 1 is 1.29 bits per heavy atom. The molecule has 0 amide bonds. The summed E-state index contributed by atoms with van der Waals surface area (Å²) in [6.07, 6.45) is 7.32. The Labute approximate surface area is 128 Å². The van der Waals surface area contributed by atoms with Crippen molar-refractivity contribution in [2.75, 3.05) is 13.7 Å². The fourth-order valence-corrected chi connectivity index (χ4v) is 3.85. The molecule has 118 valence electrons. The summed E-state index contributed by atoms with van der Waals surface area (Å²) in [7, 11) is 1.50. The van der Waals surface area contributed by atoms with Gasteiger partial charge in [0.25, 0.3) is 0 Å². The summed E-state index contributed by atoms with van der Waals surface area (Å²) in [6.45, 7) is 5.41. The van der Waals surface area contributed by atoms with Gasteiger partial charge in [-0.2, -0.15) is 0 Å². The SMILES string of the molecule is CCNC(Cc1ccc(OC)c(F)c1)C1(CC)CCCC1. The maximum absolute atomic E-state index is 13.9. The third kappa shape index (κ3) is 3.57. The highest BCUT2D eigenvalue weighted by atomic mass is 19.1. The molecule has 0 radical (unpaired) electrons. The number of halogens is 1. The van der Waals surface area contributed by atoms with Crippen molar-refractivity contribution < 1.29 is 9.13 Å². The number of benzene rings is 1. The number of rotatable bonds is 7. The fraction of sp³-hybridized carbons (Fsp3) is 0.667. The van der Waals surface area contributed by atoms with Gasteiger partial charge in [0, 0.05) is 6.04 Å². The second-order valence-electron chi connectivity index (χ2n) is 6.21. The van der Waals surface area contributed by atoms with Crippen molar-refractivity contribution in [3.63, 3.8) is 0 Å². The van der Waals surface area contributed by atoms with Gasteiger partial charge < -0.3 is 10.1 Å². The predicted molar refractivity (Wildman–Crippen MR) is 85.3 cm³/mol. The number of likely N-dealkylation sites (N-methyl/N-ethyl adjacent to an activating group) is 1. The van der Waals surface area contributed by atoms with Crippen molar-refractivity contribution in [1.29, 1.82) is 0 Å². The van der Waals surface area contributed by atoms with E-state index >= 15 is 0 Å². The number of hydrogen-bond donors (Lipinski definition) is 1. The molecule has 1 unspecified atom stereocenters. The molecule has 1 fully saturated rings. The molecule has 1 saturated carbocycles. The Bertz CT molecular complexity index is 455. The predicted octanol–water partition coefficient (Wildman–Crippen LogP) is 4.33. The van der Waals surface area contributed by atoms with Crippen molar-refractivity contribution in [2.45, 2.75) is 58.4 Å². The van der Waals surface area contributed by atoms with Crippen LogP contribution in [0.2, 0.25) is 0 Å². The number of ether oxygens (including phenoxy) is 1. The molecule has 1 aliphatic carbocycles. The lowest BCUT2D eigenvalue weighted by atomic mass is 9.74. The van der Waals surface area contributed by atoms with E-state index in [9.17, 15) is 4.39 Å². The van der Waals surface area contributed by atoms with Gasteiger partial charge in [0.05, 0.1) is 7.11 Å². The molecule has 21 heavy (non-hydrogen) atoms. The van der Waals surface area contributed by atoms with Crippen LogP contribution < -0.4 is 10.1 Å². The molecule has 0 aromatic heterocycles. The van der Waals surface area contributed by atoms with Crippen molar-refractivity contribution >= 4 is 0 Å². The summed E-state index contributed by atoms with van der Waals surface area (Å²) in [4.78, 5) is 0. The van der Waals surface area contributed by atoms with E-state index in [-0.39, 0.29) is 5.82 Å². The number of methoxy groups -OCH3 is 1. The topological polar surface area (TPSA) is 21.3 Å². The molecule has 3 heteroatoms. The third-order valence-corrected chi connectivity index (χ3v) is 5.15. The molecule has 1 aromatic carbocycles. The van der Waals surface area contributed by atoms with Gasteiger partial charge in [0.15, 0.2) is 11.6 Å². The Morgan fingerprint density at radius 2 is 2.00 bits per heavy atom. The molecule has 1 N–H and O–H groups in total. The van der Waals surface area contributed by atoms with Gasteiger partial charge in [-0.05, 0) is 55.3 Å². The van der Waals surface area contributed by atoms with Crippen LogP contribution in [0.25, 0.3) is 0 Å². The van der Waals surface area contributed by atoms with E-state index in [2.05, 4.69) is 19.2 Å². The van der Waals surface area contributed by atoms with Crippen molar-refractivity contribution in [2.24, 2.45) is 5.41 Å². The van der Waals surface area contributed by atoms with Crippen LogP contribution in [0.3, 0.4) is 0 Å². The minimum Gasteiger partial charge on any atom is -0.494 e. The fourth-order valence-electron chi connectivity index (χ4n) is 3.85. The smallest absolute Gasteiger partial charge is 0.165 e. The van der Waals surface area contributed by atoms with Crippen LogP contribution in [0.4, 0.5) is 4.39 Å². The van der Waals surface area contributed by atoms with Gasteiger partial charge in [-0.3, -0.25) is 0 Å². The minimum absolute atomic E-state index is 0.262. The second kappa shape index (κ2) is 7.26. The van der Waals surface area contributed by atoms with E-state index in [1.165, 1.54) is 39.2 Å². The molecule has 0 saturated heterocycles. The summed E-state index contributed by atoms with van der Waals surface area (Å²) < 4.78 is 18.9. The number of hydrogen-bond acceptors (Lipinski definition) is 2. The first-order valence-corrected chi connectivity index (χ1v) is 8.21. The standard InChI is InChI=1S/C18H28FNO/c1-4-18(10-6-7-11-18)17(20-5-2)13-14-8-9-16(21-3)15(19)12-14/h8-9,12,17,20H,4-7,10-11,13H2,1-3H3. The highest BCUT2D eigenvalue weighted by Crippen LogP contribution is 2.44. The molecular weight excluding hydrogens is 265 g/mol. The highest BCUT2D eigenvalue weighted by Gasteiger charge is 2.39. The largest absolute Gasteiger partial charge is 0.494 e.